The summed E-state index contributed by atoms with van der Waals surface area (Å²) < 4.78 is 34.5. The van der Waals surface area contributed by atoms with Gasteiger partial charge in [0.25, 0.3) is 0 Å². The fourth-order valence-corrected chi connectivity index (χ4v) is 8.05. The molecule has 0 radical (unpaired) electrons. The summed E-state index contributed by atoms with van der Waals surface area (Å²) in [6.45, 7) is 4.24. The zero-order valence-electron chi connectivity index (χ0n) is 48.7. The first kappa shape index (κ1) is 71.9. The average molecular weight is 1080 g/mol. The zero-order chi connectivity index (χ0) is 55.6. The number of hydrogen-bond acceptors (Lipinski definition) is 7. The van der Waals surface area contributed by atoms with Crippen LogP contribution in [0, 0.1) is 0 Å². The molecule has 0 heterocycles. The number of carbonyl (C=O) groups is 2. The molecule has 76 heavy (non-hydrogen) atoms. The van der Waals surface area contributed by atoms with Crippen molar-refractivity contribution >= 4 is 19.8 Å². The van der Waals surface area contributed by atoms with Crippen molar-refractivity contribution in [2.75, 3.05) is 47.5 Å². The molecule has 0 spiro atoms. The number of allylic oxidation sites excluding steroid dienone is 24. The molecule has 0 aromatic heterocycles. The van der Waals surface area contributed by atoms with E-state index >= 15 is 0 Å². The Kier molecular flexibility index (Phi) is 52.6. The lowest BCUT2D eigenvalue weighted by atomic mass is 10.1. The van der Waals surface area contributed by atoms with Gasteiger partial charge in [-0.1, -0.05) is 217 Å². The molecular formula is C66H109NO8P+. The summed E-state index contributed by atoms with van der Waals surface area (Å²) in [5.41, 5.74) is 0. The topological polar surface area (TPSA) is 108 Å². The van der Waals surface area contributed by atoms with Gasteiger partial charge in [0.1, 0.15) is 19.8 Å². The molecule has 0 aromatic carbocycles. The van der Waals surface area contributed by atoms with Crippen LogP contribution in [0.3, 0.4) is 0 Å². The van der Waals surface area contributed by atoms with Crippen molar-refractivity contribution < 1.29 is 42.1 Å². The van der Waals surface area contributed by atoms with Gasteiger partial charge in [0.15, 0.2) is 6.10 Å². The third kappa shape index (κ3) is 59.1. The second-order valence-corrected chi connectivity index (χ2v) is 21.7. The number of nitrogens with zero attached hydrogens (tertiary/aromatic N) is 1. The summed E-state index contributed by atoms with van der Waals surface area (Å²) in [5, 5.41) is 0. The monoisotopic (exact) mass is 1070 g/mol. The molecule has 0 saturated carbocycles. The van der Waals surface area contributed by atoms with Crippen molar-refractivity contribution in [3.8, 4) is 0 Å². The van der Waals surface area contributed by atoms with Crippen LogP contribution in [0.5, 0.6) is 0 Å². The number of phosphoric acid groups is 1. The fraction of sp³-hybridized carbons (Fsp3) is 0.606. The Labute approximate surface area is 465 Å². The standard InChI is InChI=1S/C66H108NO8P/c1-6-8-10-12-14-16-18-20-22-23-24-25-26-27-28-29-30-31-32-33-34-35-36-37-38-39-40-41-42-43-45-47-49-51-53-55-57-59-66(69)75-64(63-74-76(70,71)73-61-60-67(3,4)5)62-72-65(68)58-56-54-52-50-48-46-44-21-19-17-15-13-11-9-7-2/h8,10,14,16,20-22,24-25,27-28,30-31,33-34,36-37,39-40,42-44,47,49,64H,6-7,9,11-13,15,17-19,23,26,29,32,35,38,41,45-46,48,50-63H2,1-5H3/p+1/b10-8-,16-14-,22-20-,25-24-,28-27-,31-30-,34-33-,37-36-,40-39-,43-42-,44-21-,49-47-. The normalized spacial score (nSPS) is 14.3. The molecule has 2 atom stereocenters. The number of carbonyl (C=O) groups excluding carboxylic acids is 2. The van der Waals surface area contributed by atoms with Crippen LogP contribution in [0.4, 0.5) is 0 Å². The number of esters is 2. The molecule has 430 valence electrons. The van der Waals surface area contributed by atoms with E-state index in [1.54, 1.807) is 0 Å². The van der Waals surface area contributed by atoms with Gasteiger partial charge in [-0.05, 0) is 122 Å². The van der Waals surface area contributed by atoms with Crippen LogP contribution in [0.15, 0.2) is 146 Å². The Morgan fingerprint density at radius 2 is 0.750 bits per heavy atom. The molecule has 0 aliphatic carbocycles. The van der Waals surface area contributed by atoms with Gasteiger partial charge < -0.3 is 18.9 Å². The lowest BCUT2D eigenvalue weighted by molar-refractivity contribution is -0.870. The van der Waals surface area contributed by atoms with E-state index in [0.29, 0.717) is 17.4 Å². The molecule has 9 nitrogen and oxygen atoms in total. The minimum Gasteiger partial charge on any atom is -0.462 e. The first-order valence-electron chi connectivity index (χ1n) is 29.6. The highest BCUT2D eigenvalue weighted by Gasteiger charge is 2.27. The third-order valence-corrected chi connectivity index (χ3v) is 12.8. The molecule has 10 heteroatoms. The summed E-state index contributed by atoms with van der Waals surface area (Å²) in [6.07, 6.45) is 82.1. The molecule has 0 rings (SSSR count). The Bertz CT molecular complexity index is 1790. The first-order valence-corrected chi connectivity index (χ1v) is 31.1. The first-order chi connectivity index (χ1) is 37.0. The van der Waals surface area contributed by atoms with Crippen molar-refractivity contribution in [2.24, 2.45) is 0 Å². The highest BCUT2D eigenvalue weighted by Crippen LogP contribution is 2.43. The van der Waals surface area contributed by atoms with Gasteiger partial charge in [0.2, 0.25) is 0 Å². The van der Waals surface area contributed by atoms with E-state index in [-0.39, 0.29) is 26.1 Å². The summed E-state index contributed by atoms with van der Waals surface area (Å²) in [7, 11) is 1.43. The van der Waals surface area contributed by atoms with Gasteiger partial charge in [-0.25, -0.2) is 4.57 Å². The van der Waals surface area contributed by atoms with Gasteiger partial charge in [-0.3, -0.25) is 18.6 Å². The number of hydrogen-bond donors (Lipinski definition) is 1. The van der Waals surface area contributed by atoms with E-state index in [4.69, 9.17) is 18.5 Å². The lowest BCUT2D eigenvalue weighted by Gasteiger charge is -2.24. The Morgan fingerprint density at radius 3 is 1.14 bits per heavy atom. The number of unbranched alkanes of at least 4 members (excludes halogenated alkanes) is 14. The lowest BCUT2D eigenvalue weighted by Crippen LogP contribution is -2.37. The molecular weight excluding hydrogens is 966 g/mol. The van der Waals surface area contributed by atoms with Crippen LogP contribution in [0.1, 0.15) is 206 Å². The van der Waals surface area contributed by atoms with Crippen LogP contribution < -0.4 is 0 Å². The van der Waals surface area contributed by atoms with E-state index in [1.807, 2.05) is 21.1 Å². The maximum atomic E-state index is 12.8. The predicted octanol–water partition coefficient (Wildman–Crippen LogP) is 18.7. The summed E-state index contributed by atoms with van der Waals surface area (Å²) >= 11 is 0. The van der Waals surface area contributed by atoms with Crippen LogP contribution >= 0.6 is 7.82 Å². The Hall–Kier alpha value is -4.11. The molecule has 2 unspecified atom stereocenters. The summed E-state index contributed by atoms with van der Waals surface area (Å²) in [5.74, 6) is -0.857. The maximum Gasteiger partial charge on any atom is 0.472 e. The number of rotatable bonds is 52. The fourth-order valence-electron chi connectivity index (χ4n) is 7.31. The minimum atomic E-state index is -4.41. The van der Waals surface area contributed by atoms with E-state index in [2.05, 4.69) is 160 Å². The largest absolute Gasteiger partial charge is 0.472 e. The molecule has 0 aliphatic heterocycles. The Balaban J connectivity index is 4.25. The summed E-state index contributed by atoms with van der Waals surface area (Å²) in [6, 6.07) is 0. The maximum absolute atomic E-state index is 12.8. The van der Waals surface area contributed by atoms with Gasteiger partial charge in [0, 0.05) is 12.8 Å². The Morgan fingerprint density at radius 1 is 0.421 bits per heavy atom. The SMILES string of the molecule is CC/C=C\C/C=C\C/C=C\C/C=C\C/C=C\C/C=C\C/C=C\C/C=C\C/C=C\C/C=C\C/C=C\CCCCCC(=O)OC(COC(=O)CCCCCCC/C=C\CCCCCCCC)COP(=O)(O)OCC[N+](C)(C)C. The number of quaternary nitrogens is 1. The van der Waals surface area contributed by atoms with Crippen molar-refractivity contribution in [3.63, 3.8) is 0 Å². The van der Waals surface area contributed by atoms with E-state index in [0.717, 1.165) is 128 Å². The quantitative estimate of drug-likeness (QED) is 0.0211. The van der Waals surface area contributed by atoms with Crippen LogP contribution in [0.2, 0.25) is 0 Å². The van der Waals surface area contributed by atoms with Gasteiger partial charge in [-0.2, -0.15) is 0 Å². The zero-order valence-corrected chi connectivity index (χ0v) is 49.6. The molecule has 0 aromatic rings. The van der Waals surface area contributed by atoms with Crippen molar-refractivity contribution in [1.29, 1.82) is 0 Å². The highest BCUT2D eigenvalue weighted by molar-refractivity contribution is 7.47. The molecule has 0 bridgehead atoms. The third-order valence-electron chi connectivity index (χ3n) is 11.9. The van der Waals surface area contributed by atoms with Crippen LogP contribution in [-0.4, -0.2) is 74.9 Å². The van der Waals surface area contributed by atoms with E-state index in [9.17, 15) is 19.0 Å². The van der Waals surface area contributed by atoms with Gasteiger partial charge in [0.05, 0.1) is 27.7 Å². The molecule has 0 amide bonds. The smallest absolute Gasteiger partial charge is 0.462 e. The number of likely N-dealkylation sites (N-methyl/N-ethyl adjacent to an activating group) is 1. The minimum absolute atomic E-state index is 0.0158. The van der Waals surface area contributed by atoms with Crippen molar-refractivity contribution in [3.05, 3.63) is 146 Å². The van der Waals surface area contributed by atoms with Crippen LogP contribution in [-0.2, 0) is 32.7 Å². The second-order valence-electron chi connectivity index (χ2n) is 20.3. The second kappa shape index (κ2) is 55.6. The molecule has 0 aliphatic rings. The van der Waals surface area contributed by atoms with Gasteiger partial charge >= 0.3 is 19.8 Å². The molecule has 1 N–H and O–H groups in total. The van der Waals surface area contributed by atoms with E-state index < -0.39 is 32.5 Å². The van der Waals surface area contributed by atoms with Crippen molar-refractivity contribution in [2.45, 2.75) is 213 Å². The highest BCUT2D eigenvalue weighted by atomic mass is 31.2. The van der Waals surface area contributed by atoms with Crippen molar-refractivity contribution in [1.82, 2.24) is 0 Å². The van der Waals surface area contributed by atoms with E-state index in [1.165, 1.54) is 44.9 Å². The number of phosphoric ester groups is 1. The average Bonchev–Trinajstić information content (AvgIpc) is 3.38. The van der Waals surface area contributed by atoms with Crippen LogP contribution in [0.25, 0.3) is 0 Å². The molecule has 0 fully saturated rings. The summed E-state index contributed by atoms with van der Waals surface area (Å²) in [4.78, 5) is 35.6. The predicted molar refractivity (Wildman–Crippen MR) is 325 cm³/mol. The molecule has 0 saturated heterocycles. The number of ether oxygens (including phenoxy) is 2. The van der Waals surface area contributed by atoms with Gasteiger partial charge in [-0.15, -0.1) is 0 Å².